The van der Waals surface area contributed by atoms with Crippen LogP contribution in [0.1, 0.15) is 30.6 Å². The number of carbonyl (C=O) groups is 1. The van der Waals surface area contributed by atoms with Crippen molar-refractivity contribution in [3.63, 3.8) is 0 Å². The van der Waals surface area contributed by atoms with Gasteiger partial charge in [-0.05, 0) is 47.5 Å². The van der Waals surface area contributed by atoms with Crippen LogP contribution in [0.15, 0.2) is 22.7 Å². The van der Waals surface area contributed by atoms with Gasteiger partial charge in [-0.1, -0.05) is 6.92 Å². The fourth-order valence-corrected chi connectivity index (χ4v) is 2.58. The molecule has 1 atom stereocenters. The predicted octanol–water partition coefficient (Wildman–Crippen LogP) is 3.39. The molecule has 118 valence electrons. The van der Waals surface area contributed by atoms with Crippen molar-refractivity contribution < 1.29 is 14.3 Å². The summed E-state index contributed by atoms with van der Waals surface area (Å²) in [6.45, 7) is 6.04. The molecule has 1 aromatic carbocycles. The molecule has 0 bridgehead atoms. The second kappa shape index (κ2) is 9.18. The summed E-state index contributed by atoms with van der Waals surface area (Å²) in [5.74, 6) is 0.833. The lowest BCUT2D eigenvalue weighted by Crippen LogP contribution is -2.39. The number of benzene rings is 1. The number of nitrogens with zero attached hydrogens (tertiary/aromatic N) is 1. The van der Waals surface area contributed by atoms with Gasteiger partial charge in [0.2, 0.25) is 0 Å². The van der Waals surface area contributed by atoms with Crippen molar-refractivity contribution in [3.05, 3.63) is 28.2 Å². The fraction of sp³-hybridized carbons (Fsp3) is 0.562. The Morgan fingerprint density at radius 2 is 2.10 bits per heavy atom. The summed E-state index contributed by atoms with van der Waals surface area (Å²) in [5, 5.41) is 0. The first-order valence-corrected chi connectivity index (χ1v) is 7.92. The van der Waals surface area contributed by atoms with Crippen molar-refractivity contribution in [2.24, 2.45) is 0 Å². The topological polar surface area (TPSA) is 38.8 Å². The van der Waals surface area contributed by atoms with Gasteiger partial charge in [0.1, 0.15) is 5.75 Å². The summed E-state index contributed by atoms with van der Waals surface area (Å²) in [5.41, 5.74) is 0.688. The summed E-state index contributed by atoms with van der Waals surface area (Å²) < 4.78 is 11.1. The molecule has 0 aliphatic heterocycles. The minimum Gasteiger partial charge on any atom is -0.496 e. The van der Waals surface area contributed by atoms with Crippen LogP contribution in [0, 0.1) is 0 Å². The van der Waals surface area contributed by atoms with Gasteiger partial charge in [0, 0.05) is 25.3 Å². The monoisotopic (exact) mass is 357 g/mol. The van der Waals surface area contributed by atoms with E-state index in [4.69, 9.17) is 9.47 Å². The summed E-state index contributed by atoms with van der Waals surface area (Å²) in [6, 6.07) is 5.77. The van der Waals surface area contributed by atoms with E-state index in [0.29, 0.717) is 24.8 Å². The van der Waals surface area contributed by atoms with E-state index >= 15 is 0 Å². The molecule has 1 aromatic rings. The zero-order chi connectivity index (χ0) is 15.8. The maximum Gasteiger partial charge on any atom is 0.176 e. The van der Waals surface area contributed by atoms with Crippen LogP contribution in [0.4, 0.5) is 0 Å². The number of hydrogen-bond donors (Lipinski definition) is 0. The summed E-state index contributed by atoms with van der Waals surface area (Å²) >= 11 is 3.42. The Bertz CT molecular complexity index is 465. The molecule has 0 radical (unpaired) electrons. The molecule has 5 heteroatoms. The molecule has 0 aromatic heterocycles. The molecule has 0 spiro atoms. The van der Waals surface area contributed by atoms with Crippen LogP contribution in [0.3, 0.4) is 0 Å². The zero-order valence-electron chi connectivity index (χ0n) is 13.2. The van der Waals surface area contributed by atoms with Crippen LogP contribution in [-0.4, -0.2) is 50.6 Å². The molecule has 21 heavy (non-hydrogen) atoms. The molecule has 0 N–H and O–H groups in total. The average Bonchev–Trinajstić information content (AvgIpc) is 2.50. The van der Waals surface area contributed by atoms with Crippen LogP contribution in [0.5, 0.6) is 5.75 Å². The molecule has 0 aliphatic carbocycles. The molecule has 0 amide bonds. The number of ether oxygens (including phenoxy) is 2. The second-order valence-corrected chi connectivity index (χ2v) is 5.85. The standard InChI is InChI=1S/C16H24BrNO3/c1-5-12(2)18(8-9-20-3)11-15(19)13-6-7-16(21-4)14(17)10-13/h6-7,10,12H,5,8-9,11H2,1-4H3. The van der Waals surface area contributed by atoms with Gasteiger partial charge in [0.05, 0.1) is 24.7 Å². The quantitative estimate of drug-likeness (QED) is 0.635. The number of ketones is 1. The highest BCUT2D eigenvalue weighted by molar-refractivity contribution is 9.10. The number of Topliss-reactive ketones (excluding diaryl/α,β-unsaturated/α-hetero) is 1. The predicted molar refractivity (Wildman–Crippen MR) is 88.2 cm³/mol. The van der Waals surface area contributed by atoms with Crippen LogP contribution < -0.4 is 4.74 Å². The highest BCUT2D eigenvalue weighted by Crippen LogP contribution is 2.25. The lowest BCUT2D eigenvalue weighted by Gasteiger charge is -2.27. The molecule has 0 saturated heterocycles. The van der Waals surface area contributed by atoms with Gasteiger partial charge in [0.25, 0.3) is 0 Å². The number of hydrogen-bond acceptors (Lipinski definition) is 4. The molecule has 0 heterocycles. The van der Waals surface area contributed by atoms with Crippen LogP contribution in [-0.2, 0) is 4.74 Å². The first kappa shape index (κ1) is 18.1. The first-order valence-electron chi connectivity index (χ1n) is 7.13. The maximum atomic E-state index is 12.4. The lowest BCUT2D eigenvalue weighted by molar-refractivity contribution is 0.0834. The van der Waals surface area contributed by atoms with E-state index in [0.717, 1.165) is 23.2 Å². The van der Waals surface area contributed by atoms with E-state index in [9.17, 15) is 4.79 Å². The van der Waals surface area contributed by atoms with Gasteiger partial charge in [0.15, 0.2) is 5.78 Å². The van der Waals surface area contributed by atoms with Crippen molar-refractivity contribution in [2.45, 2.75) is 26.3 Å². The average molecular weight is 358 g/mol. The Morgan fingerprint density at radius 1 is 1.38 bits per heavy atom. The Balaban J connectivity index is 2.78. The molecule has 0 saturated carbocycles. The van der Waals surface area contributed by atoms with Crippen molar-refractivity contribution in [3.8, 4) is 5.75 Å². The molecular weight excluding hydrogens is 334 g/mol. The SMILES string of the molecule is CCC(C)N(CCOC)CC(=O)c1ccc(OC)c(Br)c1. The van der Waals surface area contributed by atoms with Gasteiger partial charge >= 0.3 is 0 Å². The zero-order valence-corrected chi connectivity index (χ0v) is 14.8. The van der Waals surface area contributed by atoms with Gasteiger partial charge in [-0.25, -0.2) is 0 Å². The molecule has 1 rings (SSSR count). The van der Waals surface area contributed by atoms with Crippen molar-refractivity contribution >= 4 is 21.7 Å². The highest BCUT2D eigenvalue weighted by Gasteiger charge is 2.17. The summed E-state index contributed by atoms with van der Waals surface area (Å²) in [7, 11) is 3.29. The number of methoxy groups -OCH3 is 2. The summed E-state index contributed by atoms with van der Waals surface area (Å²) in [6.07, 6.45) is 1.00. The minimum absolute atomic E-state index is 0.106. The van der Waals surface area contributed by atoms with E-state index in [1.165, 1.54) is 0 Å². The van der Waals surface area contributed by atoms with Gasteiger partial charge in [-0.2, -0.15) is 0 Å². The smallest absolute Gasteiger partial charge is 0.176 e. The van der Waals surface area contributed by atoms with E-state index in [1.807, 2.05) is 6.07 Å². The largest absolute Gasteiger partial charge is 0.496 e. The van der Waals surface area contributed by atoms with E-state index in [2.05, 4.69) is 34.7 Å². The third-order valence-electron chi connectivity index (χ3n) is 3.62. The van der Waals surface area contributed by atoms with Crippen LogP contribution in [0.2, 0.25) is 0 Å². The van der Waals surface area contributed by atoms with Crippen molar-refractivity contribution in [1.82, 2.24) is 4.90 Å². The van der Waals surface area contributed by atoms with E-state index < -0.39 is 0 Å². The number of rotatable bonds is 9. The van der Waals surface area contributed by atoms with E-state index in [-0.39, 0.29) is 5.78 Å². The third kappa shape index (κ3) is 5.41. The Kier molecular flexibility index (Phi) is 7.93. The maximum absolute atomic E-state index is 12.4. The van der Waals surface area contributed by atoms with Crippen molar-refractivity contribution in [1.29, 1.82) is 0 Å². The molecule has 4 nitrogen and oxygen atoms in total. The minimum atomic E-state index is 0.106. The summed E-state index contributed by atoms with van der Waals surface area (Å²) in [4.78, 5) is 14.6. The Labute approximate surface area is 135 Å². The van der Waals surface area contributed by atoms with Gasteiger partial charge in [-0.3, -0.25) is 9.69 Å². The fourth-order valence-electron chi connectivity index (χ4n) is 2.04. The van der Waals surface area contributed by atoms with Crippen LogP contribution >= 0.6 is 15.9 Å². The number of halogens is 1. The normalized spacial score (nSPS) is 12.5. The van der Waals surface area contributed by atoms with Crippen molar-refractivity contribution in [2.75, 3.05) is 33.9 Å². The van der Waals surface area contributed by atoms with E-state index in [1.54, 1.807) is 26.4 Å². The Morgan fingerprint density at radius 3 is 2.62 bits per heavy atom. The number of carbonyl (C=O) groups excluding carboxylic acids is 1. The van der Waals surface area contributed by atoms with Crippen LogP contribution in [0.25, 0.3) is 0 Å². The molecule has 0 fully saturated rings. The molecular formula is C16H24BrNO3. The second-order valence-electron chi connectivity index (χ2n) is 4.99. The lowest BCUT2D eigenvalue weighted by atomic mass is 10.1. The molecule has 0 aliphatic rings. The third-order valence-corrected chi connectivity index (χ3v) is 4.24. The first-order chi connectivity index (χ1) is 10.0. The highest BCUT2D eigenvalue weighted by atomic mass is 79.9. The Hall–Kier alpha value is -0.910. The van der Waals surface area contributed by atoms with Gasteiger partial charge < -0.3 is 9.47 Å². The van der Waals surface area contributed by atoms with Gasteiger partial charge in [-0.15, -0.1) is 0 Å². The molecule has 1 unspecified atom stereocenters.